The fourth-order valence-electron chi connectivity index (χ4n) is 2.07. The van der Waals surface area contributed by atoms with Crippen LogP contribution in [0.5, 0.6) is 0 Å². The Morgan fingerprint density at radius 1 is 1.50 bits per heavy atom. The number of aliphatic hydroxyl groups is 1. The molecule has 1 aliphatic carbocycles. The summed E-state index contributed by atoms with van der Waals surface area (Å²) in [7, 11) is 0. The molecule has 0 unspecified atom stereocenters. The molecule has 0 spiro atoms. The fraction of sp³-hybridized carbons (Fsp3) is 0.667. The van der Waals surface area contributed by atoms with Gasteiger partial charge in [0.2, 0.25) is 0 Å². The lowest BCUT2D eigenvalue weighted by Crippen LogP contribution is -2.33. The Morgan fingerprint density at radius 2 is 2.25 bits per heavy atom. The maximum absolute atomic E-state index is 11.1. The summed E-state index contributed by atoms with van der Waals surface area (Å²) >= 11 is 0. The van der Waals surface area contributed by atoms with E-state index >= 15 is 0 Å². The van der Waals surface area contributed by atoms with Gasteiger partial charge in [0.1, 0.15) is 6.10 Å². The Balaban J connectivity index is 2.23. The SMILES string of the molecule is C=C1C(=O)O[C@H]2CCC[C@H](O)[C@@H]12. The van der Waals surface area contributed by atoms with Crippen LogP contribution < -0.4 is 0 Å². The first-order valence-electron chi connectivity index (χ1n) is 4.28. The van der Waals surface area contributed by atoms with E-state index in [4.69, 9.17) is 4.74 Å². The molecule has 1 saturated heterocycles. The predicted molar refractivity (Wildman–Crippen MR) is 42.4 cm³/mol. The van der Waals surface area contributed by atoms with Crippen molar-refractivity contribution in [2.45, 2.75) is 31.5 Å². The molecular formula is C9H12O3. The number of esters is 1. The van der Waals surface area contributed by atoms with Gasteiger partial charge in [0, 0.05) is 5.57 Å². The zero-order chi connectivity index (χ0) is 8.72. The number of carbonyl (C=O) groups excluding carboxylic acids is 1. The molecule has 0 aromatic carbocycles. The molecule has 2 fully saturated rings. The molecule has 1 aliphatic heterocycles. The van der Waals surface area contributed by atoms with Gasteiger partial charge in [-0.1, -0.05) is 6.58 Å². The standard InChI is InChI=1S/C9H12O3/c1-5-8-6(10)3-2-4-7(8)12-9(5)11/h6-8,10H,1-4H2/t6-,7-,8+/m0/s1. The van der Waals surface area contributed by atoms with Crippen LogP contribution in [0.3, 0.4) is 0 Å². The van der Waals surface area contributed by atoms with Gasteiger partial charge in [-0.05, 0) is 19.3 Å². The lowest BCUT2D eigenvalue weighted by molar-refractivity contribution is -0.140. The third kappa shape index (κ3) is 0.966. The van der Waals surface area contributed by atoms with Crippen LogP contribution in [0.4, 0.5) is 0 Å². The van der Waals surface area contributed by atoms with Crippen LogP contribution in [0.25, 0.3) is 0 Å². The van der Waals surface area contributed by atoms with E-state index in [-0.39, 0.29) is 18.0 Å². The van der Waals surface area contributed by atoms with Crippen LogP contribution in [-0.4, -0.2) is 23.3 Å². The van der Waals surface area contributed by atoms with Gasteiger partial charge < -0.3 is 9.84 Å². The highest BCUT2D eigenvalue weighted by Gasteiger charge is 2.44. The van der Waals surface area contributed by atoms with Gasteiger partial charge in [0.15, 0.2) is 0 Å². The molecule has 0 bridgehead atoms. The van der Waals surface area contributed by atoms with Crippen LogP contribution in [0, 0.1) is 5.92 Å². The second-order valence-corrected chi connectivity index (χ2v) is 3.49. The maximum Gasteiger partial charge on any atom is 0.334 e. The highest BCUT2D eigenvalue weighted by atomic mass is 16.6. The molecule has 2 aliphatic rings. The molecule has 66 valence electrons. The van der Waals surface area contributed by atoms with E-state index in [2.05, 4.69) is 6.58 Å². The maximum atomic E-state index is 11.1. The van der Waals surface area contributed by atoms with E-state index < -0.39 is 6.10 Å². The van der Waals surface area contributed by atoms with E-state index in [1.54, 1.807) is 0 Å². The van der Waals surface area contributed by atoms with Gasteiger partial charge in [0.05, 0.1) is 12.0 Å². The Kier molecular flexibility index (Phi) is 1.68. The van der Waals surface area contributed by atoms with Crippen LogP contribution in [0.2, 0.25) is 0 Å². The smallest absolute Gasteiger partial charge is 0.334 e. The third-order valence-electron chi connectivity index (χ3n) is 2.73. The molecule has 3 atom stereocenters. The number of aliphatic hydroxyl groups excluding tert-OH is 1. The van der Waals surface area contributed by atoms with Crippen LogP contribution in [0.15, 0.2) is 12.2 Å². The monoisotopic (exact) mass is 168 g/mol. The van der Waals surface area contributed by atoms with Crippen LogP contribution >= 0.6 is 0 Å². The molecule has 1 N–H and O–H groups in total. The summed E-state index contributed by atoms with van der Waals surface area (Å²) in [5.74, 6) is -0.461. The summed E-state index contributed by atoms with van der Waals surface area (Å²) in [4.78, 5) is 11.1. The zero-order valence-corrected chi connectivity index (χ0v) is 6.82. The van der Waals surface area contributed by atoms with E-state index in [0.29, 0.717) is 5.57 Å². The van der Waals surface area contributed by atoms with Gasteiger partial charge in [-0.2, -0.15) is 0 Å². The van der Waals surface area contributed by atoms with E-state index in [1.165, 1.54) is 0 Å². The molecule has 0 radical (unpaired) electrons. The number of carbonyl (C=O) groups is 1. The van der Waals surface area contributed by atoms with Gasteiger partial charge in [-0.25, -0.2) is 4.79 Å². The van der Waals surface area contributed by atoms with Crippen molar-refractivity contribution in [2.24, 2.45) is 5.92 Å². The highest BCUT2D eigenvalue weighted by molar-refractivity contribution is 5.91. The first kappa shape index (κ1) is 7.80. The predicted octanol–water partition coefficient (Wildman–Crippen LogP) is 0.629. The quantitative estimate of drug-likeness (QED) is 0.426. The topological polar surface area (TPSA) is 46.5 Å². The van der Waals surface area contributed by atoms with Crippen molar-refractivity contribution in [3.8, 4) is 0 Å². The van der Waals surface area contributed by atoms with Gasteiger partial charge in [0.25, 0.3) is 0 Å². The number of rotatable bonds is 0. The first-order chi connectivity index (χ1) is 5.70. The van der Waals surface area contributed by atoms with Crippen molar-refractivity contribution < 1.29 is 14.6 Å². The average molecular weight is 168 g/mol. The Labute approximate surface area is 71.0 Å². The van der Waals surface area contributed by atoms with Crippen molar-refractivity contribution in [1.29, 1.82) is 0 Å². The summed E-state index contributed by atoms with van der Waals surface area (Å²) < 4.78 is 5.05. The second kappa shape index (κ2) is 2.59. The second-order valence-electron chi connectivity index (χ2n) is 3.49. The van der Waals surface area contributed by atoms with Gasteiger partial charge >= 0.3 is 5.97 Å². The normalized spacial score (nSPS) is 40.9. The number of hydrogen-bond donors (Lipinski definition) is 1. The molecule has 0 amide bonds. The molecule has 0 aromatic rings. The minimum atomic E-state index is -0.428. The largest absolute Gasteiger partial charge is 0.458 e. The number of ether oxygens (including phenoxy) is 1. The molecule has 3 nitrogen and oxygen atoms in total. The van der Waals surface area contributed by atoms with Crippen molar-refractivity contribution >= 4 is 5.97 Å². The number of hydrogen-bond acceptors (Lipinski definition) is 3. The van der Waals surface area contributed by atoms with Crippen molar-refractivity contribution in [3.63, 3.8) is 0 Å². The molecule has 1 saturated carbocycles. The number of fused-ring (bicyclic) bond motifs is 1. The fourth-order valence-corrected chi connectivity index (χ4v) is 2.07. The van der Waals surface area contributed by atoms with Crippen molar-refractivity contribution in [2.75, 3.05) is 0 Å². The van der Waals surface area contributed by atoms with E-state index in [0.717, 1.165) is 19.3 Å². The minimum Gasteiger partial charge on any atom is -0.458 e. The summed E-state index contributed by atoms with van der Waals surface area (Å²) in [6.45, 7) is 3.64. The van der Waals surface area contributed by atoms with Crippen molar-refractivity contribution in [1.82, 2.24) is 0 Å². The lowest BCUT2D eigenvalue weighted by Gasteiger charge is -2.27. The molecule has 1 heterocycles. The molecular weight excluding hydrogens is 156 g/mol. The molecule has 12 heavy (non-hydrogen) atoms. The molecule has 0 aromatic heterocycles. The minimum absolute atomic E-state index is 0.103. The Morgan fingerprint density at radius 3 is 2.92 bits per heavy atom. The van der Waals surface area contributed by atoms with E-state index in [1.807, 2.05) is 0 Å². The lowest BCUT2D eigenvalue weighted by atomic mass is 9.81. The highest BCUT2D eigenvalue weighted by Crippen LogP contribution is 2.37. The van der Waals surface area contributed by atoms with Gasteiger partial charge in [-0.3, -0.25) is 0 Å². The summed E-state index contributed by atoms with van der Waals surface area (Å²) in [6, 6.07) is 0. The van der Waals surface area contributed by atoms with E-state index in [9.17, 15) is 9.90 Å². The first-order valence-corrected chi connectivity index (χ1v) is 4.28. The molecule has 2 rings (SSSR count). The summed E-state index contributed by atoms with van der Waals surface area (Å²) in [6.07, 6.45) is 2.03. The third-order valence-corrected chi connectivity index (χ3v) is 2.73. The average Bonchev–Trinajstić information content (AvgIpc) is 2.29. The molecule has 3 heteroatoms. The van der Waals surface area contributed by atoms with Crippen LogP contribution in [-0.2, 0) is 9.53 Å². The Hall–Kier alpha value is -0.830. The van der Waals surface area contributed by atoms with Crippen LogP contribution in [0.1, 0.15) is 19.3 Å². The zero-order valence-electron chi connectivity index (χ0n) is 6.82. The van der Waals surface area contributed by atoms with Gasteiger partial charge in [-0.15, -0.1) is 0 Å². The summed E-state index contributed by atoms with van der Waals surface area (Å²) in [5, 5.41) is 9.57. The van der Waals surface area contributed by atoms with Crippen molar-refractivity contribution in [3.05, 3.63) is 12.2 Å². The summed E-state index contributed by atoms with van der Waals surface area (Å²) in [5.41, 5.74) is 0.451. The Bertz CT molecular complexity index is 234.